The van der Waals surface area contributed by atoms with Crippen molar-refractivity contribution in [3.05, 3.63) is 36.3 Å². The summed E-state index contributed by atoms with van der Waals surface area (Å²) >= 11 is 0. The molecule has 1 saturated carbocycles. The second kappa shape index (κ2) is 6.12. The van der Waals surface area contributed by atoms with E-state index in [-0.39, 0.29) is 18.1 Å². The zero-order chi connectivity index (χ0) is 15.6. The Morgan fingerprint density at radius 2 is 2.22 bits per heavy atom. The summed E-state index contributed by atoms with van der Waals surface area (Å²) in [5.74, 6) is 0.499. The van der Waals surface area contributed by atoms with Crippen LogP contribution >= 0.6 is 0 Å². The lowest BCUT2D eigenvalue weighted by atomic mass is 9.90. The summed E-state index contributed by atoms with van der Waals surface area (Å²) in [4.78, 5) is 18.8. The average Bonchev–Trinajstić information content (AvgIpc) is 3.11. The van der Waals surface area contributed by atoms with Crippen molar-refractivity contribution in [3.8, 4) is 11.3 Å². The molecule has 1 amide bonds. The van der Waals surface area contributed by atoms with Gasteiger partial charge in [0, 0.05) is 30.6 Å². The summed E-state index contributed by atoms with van der Waals surface area (Å²) in [6, 6.07) is 5.58. The van der Waals surface area contributed by atoms with Gasteiger partial charge < -0.3 is 14.2 Å². The molecule has 2 aromatic heterocycles. The number of ether oxygens (including phenoxy) is 1. The molecular weight excluding hydrogens is 294 g/mol. The summed E-state index contributed by atoms with van der Waals surface area (Å²) < 4.78 is 11.2. The Balaban J connectivity index is 1.56. The first-order chi connectivity index (χ1) is 11.3. The highest BCUT2D eigenvalue weighted by atomic mass is 16.5. The fourth-order valence-electron chi connectivity index (χ4n) is 3.52. The minimum absolute atomic E-state index is 0.0657. The van der Waals surface area contributed by atoms with Gasteiger partial charge in [0.2, 0.25) is 0 Å². The molecule has 0 unspecified atom stereocenters. The lowest BCUT2D eigenvalue weighted by Gasteiger charge is -2.43. The van der Waals surface area contributed by atoms with Crippen LogP contribution in [0.15, 0.2) is 35.1 Å². The second-order valence-corrected chi connectivity index (χ2v) is 6.08. The van der Waals surface area contributed by atoms with Crippen LogP contribution in [0.1, 0.15) is 36.2 Å². The van der Waals surface area contributed by atoms with E-state index in [1.54, 1.807) is 18.5 Å². The van der Waals surface area contributed by atoms with Crippen molar-refractivity contribution in [1.29, 1.82) is 0 Å². The van der Waals surface area contributed by atoms with E-state index in [4.69, 9.17) is 9.26 Å². The number of nitrogens with zero attached hydrogens (tertiary/aromatic N) is 3. The van der Waals surface area contributed by atoms with Crippen LogP contribution in [-0.4, -0.2) is 46.2 Å². The standard InChI is InChI=1S/C17H19N3O3/c21-17(20-8-9-22-15-6-2-1-5-14(15)20)13-10-16(23-19-13)12-4-3-7-18-11-12/h3-4,7,10-11,14-15H,1-2,5-6,8-9H2/t14-,15-/m1/s1. The maximum atomic E-state index is 12.8. The number of rotatable bonds is 2. The lowest BCUT2D eigenvalue weighted by molar-refractivity contribution is -0.0755. The molecule has 23 heavy (non-hydrogen) atoms. The molecule has 3 heterocycles. The third kappa shape index (κ3) is 2.74. The van der Waals surface area contributed by atoms with E-state index in [2.05, 4.69) is 10.1 Å². The van der Waals surface area contributed by atoms with Gasteiger partial charge in [0.15, 0.2) is 11.5 Å². The fraction of sp³-hybridized carbons (Fsp3) is 0.471. The minimum atomic E-state index is -0.0657. The van der Waals surface area contributed by atoms with Crippen molar-refractivity contribution in [2.75, 3.05) is 13.2 Å². The fourth-order valence-corrected chi connectivity index (χ4v) is 3.52. The molecule has 2 fully saturated rings. The van der Waals surface area contributed by atoms with Gasteiger partial charge >= 0.3 is 0 Å². The summed E-state index contributed by atoms with van der Waals surface area (Å²) in [6.45, 7) is 1.22. The van der Waals surface area contributed by atoms with Crippen molar-refractivity contribution >= 4 is 5.91 Å². The van der Waals surface area contributed by atoms with Crippen molar-refractivity contribution in [1.82, 2.24) is 15.0 Å². The molecule has 4 rings (SSSR count). The van der Waals surface area contributed by atoms with Gasteiger partial charge in [0.25, 0.3) is 5.91 Å². The predicted molar refractivity (Wildman–Crippen MR) is 82.8 cm³/mol. The van der Waals surface area contributed by atoms with Crippen molar-refractivity contribution in [2.24, 2.45) is 0 Å². The van der Waals surface area contributed by atoms with Crippen LogP contribution in [0.25, 0.3) is 11.3 Å². The number of hydrogen-bond donors (Lipinski definition) is 0. The molecule has 2 aliphatic rings. The number of amides is 1. The molecule has 0 N–H and O–H groups in total. The number of pyridine rings is 1. The largest absolute Gasteiger partial charge is 0.374 e. The van der Waals surface area contributed by atoms with E-state index in [0.29, 0.717) is 24.6 Å². The Labute approximate surface area is 134 Å². The predicted octanol–water partition coefficient (Wildman–Crippen LogP) is 2.52. The number of carbonyl (C=O) groups is 1. The molecule has 120 valence electrons. The molecule has 0 radical (unpaired) electrons. The van der Waals surface area contributed by atoms with Crippen LogP contribution in [0.3, 0.4) is 0 Å². The zero-order valence-corrected chi connectivity index (χ0v) is 12.9. The third-order valence-corrected chi connectivity index (χ3v) is 4.67. The Kier molecular flexibility index (Phi) is 3.83. The highest BCUT2D eigenvalue weighted by Crippen LogP contribution is 2.30. The normalized spacial score (nSPS) is 24.3. The van der Waals surface area contributed by atoms with Gasteiger partial charge in [-0.25, -0.2) is 0 Å². The van der Waals surface area contributed by atoms with Gasteiger partial charge in [0.1, 0.15) is 0 Å². The molecule has 0 bridgehead atoms. The monoisotopic (exact) mass is 313 g/mol. The molecule has 2 atom stereocenters. The Morgan fingerprint density at radius 3 is 3.09 bits per heavy atom. The van der Waals surface area contributed by atoms with Crippen molar-refractivity contribution < 1.29 is 14.1 Å². The van der Waals surface area contributed by atoms with Gasteiger partial charge in [-0.3, -0.25) is 9.78 Å². The quantitative estimate of drug-likeness (QED) is 0.852. The molecule has 6 heteroatoms. The topological polar surface area (TPSA) is 68.5 Å². The smallest absolute Gasteiger partial charge is 0.276 e. The minimum Gasteiger partial charge on any atom is -0.374 e. The van der Waals surface area contributed by atoms with Gasteiger partial charge in [0.05, 0.1) is 18.8 Å². The number of fused-ring (bicyclic) bond motifs is 1. The Morgan fingerprint density at radius 1 is 1.30 bits per heavy atom. The summed E-state index contributed by atoms with van der Waals surface area (Å²) in [6.07, 6.45) is 7.93. The third-order valence-electron chi connectivity index (χ3n) is 4.67. The van der Waals surface area contributed by atoms with E-state index in [1.165, 1.54) is 6.42 Å². The summed E-state index contributed by atoms with van der Waals surface area (Å²) in [5.41, 5.74) is 1.17. The molecule has 2 aromatic rings. The molecule has 6 nitrogen and oxygen atoms in total. The SMILES string of the molecule is O=C(c1cc(-c2cccnc2)on1)N1CCO[C@@H]2CCCC[C@H]21. The van der Waals surface area contributed by atoms with Crippen LogP contribution in [0.5, 0.6) is 0 Å². The molecule has 1 saturated heterocycles. The van der Waals surface area contributed by atoms with Gasteiger partial charge in [-0.05, 0) is 25.0 Å². The van der Waals surface area contributed by atoms with E-state index in [9.17, 15) is 4.79 Å². The number of aromatic nitrogens is 2. The Hall–Kier alpha value is -2.21. The summed E-state index contributed by atoms with van der Waals surface area (Å²) in [5, 5.41) is 3.97. The van der Waals surface area contributed by atoms with Gasteiger partial charge in [-0.1, -0.05) is 18.0 Å². The first-order valence-corrected chi connectivity index (χ1v) is 8.12. The van der Waals surface area contributed by atoms with Crippen LogP contribution in [0, 0.1) is 0 Å². The first-order valence-electron chi connectivity index (χ1n) is 8.12. The molecular formula is C17H19N3O3. The van der Waals surface area contributed by atoms with Crippen molar-refractivity contribution in [2.45, 2.75) is 37.8 Å². The van der Waals surface area contributed by atoms with Crippen molar-refractivity contribution in [3.63, 3.8) is 0 Å². The highest BCUT2D eigenvalue weighted by molar-refractivity contribution is 5.93. The molecule has 1 aliphatic heterocycles. The van der Waals surface area contributed by atoms with Crippen LogP contribution in [0.2, 0.25) is 0 Å². The zero-order valence-electron chi connectivity index (χ0n) is 12.9. The van der Waals surface area contributed by atoms with E-state index in [0.717, 1.165) is 24.8 Å². The molecule has 1 aliphatic carbocycles. The van der Waals surface area contributed by atoms with E-state index in [1.807, 2.05) is 17.0 Å². The highest BCUT2D eigenvalue weighted by Gasteiger charge is 2.37. The number of morpholine rings is 1. The maximum absolute atomic E-state index is 12.8. The molecule has 0 spiro atoms. The van der Waals surface area contributed by atoms with Crippen LogP contribution in [0.4, 0.5) is 0 Å². The average molecular weight is 313 g/mol. The van der Waals surface area contributed by atoms with Crippen LogP contribution < -0.4 is 0 Å². The van der Waals surface area contributed by atoms with E-state index >= 15 is 0 Å². The van der Waals surface area contributed by atoms with E-state index < -0.39 is 0 Å². The second-order valence-electron chi connectivity index (χ2n) is 6.08. The van der Waals surface area contributed by atoms with Crippen LogP contribution in [-0.2, 0) is 4.74 Å². The summed E-state index contributed by atoms with van der Waals surface area (Å²) in [7, 11) is 0. The van der Waals surface area contributed by atoms with Gasteiger partial charge in [-0.2, -0.15) is 0 Å². The number of hydrogen-bond acceptors (Lipinski definition) is 5. The number of carbonyl (C=O) groups excluding carboxylic acids is 1. The lowest BCUT2D eigenvalue weighted by Crippen LogP contribution is -2.54. The Bertz CT molecular complexity index is 683. The first kappa shape index (κ1) is 14.4. The van der Waals surface area contributed by atoms with Gasteiger partial charge in [-0.15, -0.1) is 0 Å². The maximum Gasteiger partial charge on any atom is 0.276 e. The molecule has 0 aromatic carbocycles.